The molecule has 0 aliphatic carbocycles. The van der Waals surface area contributed by atoms with E-state index in [1.54, 1.807) is 13.8 Å². The zero-order chi connectivity index (χ0) is 19.7. The Kier molecular flexibility index (Phi) is 4.63. The number of amides is 1. The molecule has 10 nitrogen and oxygen atoms in total. The van der Waals surface area contributed by atoms with Gasteiger partial charge in [0.1, 0.15) is 11.8 Å². The highest BCUT2D eigenvalue weighted by Crippen LogP contribution is 2.36. The van der Waals surface area contributed by atoms with Crippen molar-refractivity contribution < 1.29 is 14.6 Å². The predicted octanol–water partition coefficient (Wildman–Crippen LogP) is 1.32. The number of hydrogen-bond donors (Lipinski definition) is 3. The van der Waals surface area contributed by atoms with Crippen LogP contribution in [-0.4, -0.2) is 37.6 Å². The first kappa shape index (κ1) is 18.1. The number of carbonyl (C=O) groups excluding carboxylic acids is 1. The monoisotopic (exact) mass is 370 g/mol. The fourth-order valence-corrected chi connectivity index (χ4v) is 2.72. The van der Waals surface area contributed by atoms with Gasteiger partial charge in [-0.05, 0) is 13.8 Å². The molecule has 1 amide bonds. The molecule has 1 aromatic carbocycles. The number of carbonyl (C=O) groups is 1. The number of rotatable bonds is 4. The summed E-state index contributed by atoms with van der Waals surface area (Å²) < 4.78 is 6.47. The van der Waals surface area contributed by atoms with Crippen LogP contribution in [0.2, 0.25) is 0 Å². The Labute approximate surface area is 153 Å². The van der Waals surface area contributed by atoms with Gasteiger partial charge in [0.15, 0.2) is 11.5 Å². The van der Waals surface area contributed by atoms with E-state index in [1.165, 1.54) is 36.5 Å². The normalized spacial score (nSPS) is 11.0. The Bertz CT molecular complexity index is 1080. The van der Waals surface area contributed by atoms with E-state index in [4.69, 9.17) is 10.5 Å². The predicted molar refractivity (Wildman–Crippen MR) is 99.0 cm³/mol. The highest BCUT2D eigenvalue weighted by atomic mass is 16.5. The van der Waals surface area contributed by atoms with E-state index in [-0.39, 0.29) is 45.6 Å². The molecule has 0 aliphatic heterocycles. The molecule has 2 heterocycles. The minimum absolute atomic E-state index is 0.00857. The fourth-order valence-electron chi connectivity index (χ4n) is 2.72. The van der Waals surface area contributed by atoms with Gasteiger partial charge in [-0.3, -0.25) is 19.5 Å². The number of hydrogen-bond acceptors (Lipinski definition) is 8. The molecule has 4 N–H and O–H groups in total. The number of phenolic OH excluding ortho intramolecular Hbond substituents is 1. The van der Waals surface area contributed by atoms with Crippen LogP contribution >= 0.6 is 0 Å². The summed E-state index contributed by atoms with van der Waals surface area (Å²) in [5.74, 6) is -0.820. The van der Waals surface area contributed by atoms with E-state index >= 15 is 0 Å². The Hall–Kier alpha value is -3.69. The first-order valence-corrected chi connectivity index (χ1v) is 8.03. The summed E-state index contributed by atoms with van der Waals surface area (Å²) in [6.07, 6.45) is 3.97. The number of aromatic nitrogens is 4. The van der Waals surface area contributed by atoms with Crippen molar-refractivity contribution in [2.45, 2.75) is 19.9 Å². The molecule has 3 aromatic rings. The van der Waals surface area contributed by atoms with E-state index in [9.17, 15) is 14.7 Å². The Balaban J connectivity index is 2.26. The number of ether oxygens (including phenoxy) is 1. The third kappa shape index (κ3) is 3.12. The van der Waals surface area contributed by atoms with Crippen LogP contribution in [0.25, 0.3) is 10.9 Å². The summed E-state index contributed by atoms with van der Waals surface area (Å²) in [6.45, 7) is 3.54. The third-order valence-electron chi connectivity index (χ3n) is 3.91. The summed E-state index contributed by atoms with van der Waals surface area (Å²) in [5, 5.41) is 12.7. The van der Waals surface area contributed by atoms with Gasteiger partial charge in [0.2, 0.25) is 5.95 Å². The number of nitrogens with two attached hydrogens (primary N) is 1. The maximum atomic E-state index is 13.0. The topological polar surface area (TPSA) is 145 Å². The lowest BCUT2D eigenvalue weighted by atomic mass is 10.1. The molecule has 0 radical (unpaired) electrons. The van der Waals surface area contributed by atoms with E-state index in [0.717, 1.165) is 0 Å². The molecule has 3 rings (SSSR count). The number of benzene rings is 1. The van der Waals surface area contributed by atoms with Crippen LogP contribution in [0, 0.1) is 0 Å². The number of phenols is 1. The molecular weight excluding hydrogens is 352 g/mol. The average molecular weight is 370 g/mol. The summed E-state index contributed by atoms with van der Waals surface area (Å²) in [4.78, 5) is 37.4. The molecule has 10 heteroatoms. The molecule has 0 atom stereocenters. The first-order valence-electron chi connectivity index (χ1n) is 8.03. The van der Waals surface area contributed by atoms with Gasteiger partial charge in [0.05, 0.1) is 23.7 Å². The third-order valence-corrected chi connectivity index (χ3v) is 3.91. The smallest absolute Gasteiger partial charge is 0.265 e. The molecular formula is C17H18N6O4. The lowest BCUT2D eigenvalue weighted by molar-refractivity contribution is 0.102. The largest absolute Gasteiger partial charge is 0.504 e. The van der Waals surface area contributed by atoms with Gasteiger partial charge >= 0.3 is 0 Å². The van der Waals surface area contributed by atoms with Gasteiger partial charge in [0.25, 0.3) is 11.5 Å². The number of nitrogen functional groups attached to an aromatic ring is 1. The van der Waals surface area contributed by atoms with Gasteiger partial charge in [-0.15, -0.1) is 0 Å². The van der Waals surface area contributed by atoms with Crippen molar-refractivity contribution >= 4 is 28.4 Å². The van der Waals surface area contributed by atoms with Crippen molar-refractivity contribution in [3.05, 3.63) is 40.7 Å². The number of methoxy groups -OCH3 is 1. The Morgan fingerprint density at radius 1 is 1.33 bits per heavy atom. The van der Waals surface area contributed by atoms with E-state index in [1.807, 2.05) is 0 Å². The standard InChI is InChI=1S/C17H18N6O4/c1-8(2)23-16(26)12-10(18)4-11(24)14(27-3)13(12)21-17(23)22-15(25)9-5-19-7-20-6-9/h4-8,24H,18H2,1-3H3,(H,21,22,25). The highest BCUT2D eigenvalue weighted by Gasteiger charge is 2.22. The van der Waals surface area contributed by atoms with E-state index in [0.29, 0.717) is 0 Å². The van der Waals surface area contributed by atoms with Crippen LogP contribution in [0.5, 0.6) is 11.5 Å². The number of anilines is 2. The summed E-state index contributed by atoms with van der Waals surface area (Å²) >= 11 is 0. The fraction of sp³-hybridized carbons (Fsp3) is 0.235. The summed E-state index contributed by atoms with van der Waals surface area (Å²) in [6, 6.07) is 0.907. The van der Waals surface area contributed by atoms with Crippen LogP contribution in [-0.2, 0) is 0 Å². The minimum Gasteiger partial charge on any atom is -0.504 e. The molecule has 0 unspecified atom stereocenters. The van der Waals surface area contributed by atoms with Crippen molar-refractivity contribution in [1.82, 2.24) is 19.5 Å². The molecule has 2 aromatic heterocycles. The maximum Gasteiger partial charge on any atom is 0.265 e. The molecule has 0 saturated heterocycles. The summed E-state index contributed by atoms with van der Waals surface area (Å²) in [5.41, 5.74) is 5.76. The number of aromatic hydroxyl groups is 1. The van der Waals surface area contributed by atoms with Gasteiger partial charge in [-0.1, -0.05) is 0 Å². The van der Waals surface area contributed by atoms with Crippen LogP contribution in [0.4, 0.5) is 11.6 Å². The molecule has 140 valence electrons. The van der Waals surface area contributed by atoms with Crippen molar-refractivity contribution in [2.75, 3.05) is 18.2 Å². The van der Waals surface area contributed by atoms with E-state index < -0.39 is 11.5 Å². The number of fused-ring (bicyclic) bond motifs is 1. The zero-order valence-corrected chi connectivity index (χ0v) is 14.9. The number of nitrogens with zero attached hydrogens (tertiary/aromatic N) is 4. The second-order valence-electron chi connectivity index (χ2n) is 6.03. The van der Waals surface area contributed by atoms with Gasteiger partial charge in [-0.2, -0.15) is 0 Å². The lowest BCUT2D eigenvalue weighted by Crippen LogP contribution is -2.29. The Morgan fingerprint density at radius 2 is 2.00 bits per heavy atom. The number of nitrogens with one attached hydrogen (secondary N) is 1. The maximum absolute atomic E-state index is 13.0. The zero-order valence-electron chi connectivity index (χ0n) is 14.9. The second-order valence-corrected chi connectivity index (χ2v) is 6.03. The lowest BCUT2D eigenvalue weighted by Gasteiger charge is -2.18. The second kappa shape index (κ2) is 6.90. The molecule has 0 bridgehead atoms. The Morgan fingerprint density at radius 3 is 2.59 bits per heavy atom. The molecule has 0 fully saturated rings. The van der Waals surface area contributed by atoms with Crippen molar-refractivity contribution in [2.24, 2.45) is 0 Å². The minimum atomic E-state index is -0.539. The van der Waals surface area contributed by atoms with Crippen molar-refractivity contribution in [1.29, 1.82) is 0 Å². The van der Waals surface area contributed by atoms with Crippen LogP contribution in [0.1, 0.15) is 30.2 Å². The first-order chi connectivity index (χ1) is 12.8. The highest BCUT2D eigenvalue weighted by molar-refractivity contribution is 6.04. The summed E-state index contributed by atoms with van der Waals surface area (Å²) in [7, 11) is 1.33. The van der Waals surface area contributed by atoms with Crippen molar-refractivity contribution in [3.63, 3.8) is 0 Å². The van der Waals surface area contributed by atoms with E-state index in [2.05, 4.69) is 20.3 Å². The molecule has 27 heavy (non-hydrogen) atoms. The van der Waals surface area contributed by atoms with Gasteiger partial charge in [-0.25, -0.2) is 15.0 Å². The molecule has 0 saturated carbocycles. The van der Waals surface area contributed by atoms with Gasteiger partial charge in [0, 0.05) is 24.5 Å². The molecule has 0 aliphatic rings. The van der Waals surface area contributed by atoms with Crippen LogP contribution < -0.4 is 21.3 Å². The molecule has 0 spiro atoms. The van der Waals surface area contributed by atoms with Crippen molar-refractivity contribution in [3.8, 4) is 11.5 Å². The quantitative estimate of drug-likeness (QED) is 0.583. The van der Waals surface area contributed by atoms with Crippen LogP contribution in [0.15, 0.2) is 29.6 Å². The van der Waals surface area contributed by atoms with Crippen LogP contribution in [0.3, 0.4) is 0 Å². The average Bonchev–Trinajstić information content (AvgIpc) is 2.61. The SMILES string of the molecule is COc1c(O)cc(N)c2c(=O)n(C(C)C)c(NC(=O)c3cncnc3)nc12. The van der Waals surface area contributed by atoms with Gasteiger partial charge < -0.3 is 15.6 Å².